The molecule has 0 fully saturated rings. The van der Waals surface area contributed by atoms with Gasteiger partial charge in [-0.05, 0) is 24.3 Å². The van der Waals surface area contributed by atoms with Gasteiger partial charge in [-0.1, -0.05) is 0 Å². The molecule has 2 aromatic rings. The number of nitrogens with one attached hydrogen (secondary N) is 4. The molecule has 0 spiro atoms. The number of ether oxygens (including phenoxy) is 2. The van der Waals surface area contributed by atoms with Crippen molar-refractivity contribution in [3.05, 3.63) is 48.0 Å². The predicted octanol–water partition coefficient (Wildman–Crippen LogP) is 1.57. The lowest BCUT2D eigenvalue weighted by Crippen LogP contribution is -2.44. The number of carbonyl (C=O) groups excluding carboxylic acids is 2. The Morgan fingerprint density at radius 1 is 0.769 bits per heavy atom. The van der Waals surface area contributed by atoms with Crippen molar-refractivity contribution in [2.24, 2.45) is 0 Å². The van der Waals surface area contributed by atoms with Gasteiger partial charge in [-0.2, -0.15) is 0 Å². The minimum atomic E-state index is -1.14. The molecule has 0 bridgehead atoms. The second-order valence-corrected chi connectivity index (χ2v) is 4.85. The molecule has 26 heavy (non-hydrogen) atoms. The van der Waals surface area contributed by atoms with Crippen molar-refractivity contribution >= 4 is 23.2 Å². The van der Waals surface area contributed by atoms with E-state index < -0.39 is 23.4 Å². The fourth-order valence-electron chi connectivity index (χ4n) is 1.82. The Kier molecular flexibility index (Phi) is 6.15. The van der Waals surface area contributed by atoms with Crippen LogP contribution in [0.15, 0.2) is 36.4 Å². The lowest BCUT2D eigenvalue weighted by molar-refractivity contribution is -0.138. The van der Waals surface area contributed by atoms with Crippen LogP contribution in [0.3, 0.4) is 0 Å². The second-order valence-electron chi connectivity index (χ2n) is 4.85. The summed E-state index contributed by atoms with van der Waals surface area (Å²) in [4.78, 5) is 23.4. The van der Waals surface area contributed by atoms with E-state index in [0.29, 0.717) is 11.5 Å². The summed E-state index contributed by atoms with van der Waals surface area (Å²) < 4.78 is 37.1. The van der Waals surface area contributed by atoms with Gasteiger partial charge in [0, 0.05) is 12.1 Å². The van der Waals surface area contributed by atoms with Crippen molar-refractivity contribution in [3.63, 3.8) is 0 Å². The second kappa shape index (κ2) is 8.51. The number of carbonyl (C=O) groups is 2. The molecule has 2 rings (SSSR count). The quantitative estimate of drug-likeness (QED) is 0.457. The zero-order valence-electron chi connectivity index (χ0n) is 13.9. The topological polar surface area (TPSA) is 101 Å². The van der Waals surface area contributed by atoms with E-state index in [0.717, 1.165) is 12.1 Å². The van der Waals surface area contributed by atoms with Gasteiger partial charge in [0.05, 0.1) is 25.6 Å². The van der Waals surface area contributed by atoms with Gasteiger partial charge in [-0.25, -0.2) is 8.78 Å². The number of hydrazine groups is 2. The predicted molar refractivity (Wildman–Crippen MR) is 89.4 cm³/mol. The number of benzene rings is 2. The van der Waals surface area contributed by atoms with Crippen LogP contribution < -0.4 is 31.2 Å². The highest BCUT2D eigenvalue weighted by Gasteiger charge is 2.15. The fourth-order valence-corrected chi connectivity index (χ4v) is 1.82. The average Bonchev–Trinajstić information content (AvgIpc) is 2.66. The van der Waals surface area contributed by atoms with Crippen molar-refractivity contribution in [2.75, 3.05) is 25.1 Å². The summed E-state index contributed by atoms with van der Waals surface area (Å²) in [7, 11) is 2.79. The summed E-state index contributed by atoms with van der Waals surface area (Å²) >= 11 is 0. The van der Waals surface area contributed by atoms with Gasteiger partial charge in [-0.15, -0.1) is 0 Å². The van der Waals surface area contributed by atoms with Crippen molar-refractivity contribution in [3.8, 4) is 11.5 Å². The van der Waals surface area contributed by atoms with Gasteiger partial charge >= 0.3 is 11.8 Å². The molecular weight excluding hydrogens is 350 g/mol. The standard InChI is InChI=1S/C16H16F2N4O4/c1-25-9-3-5-11(17)13(7-9)19-21-15(23)16(24)22-20-14-8-10(26-2)4-6-12(14)18/h3-8,19-20H,1-2H3,(H,21,23)(H,22,24). The number of halogens is 2. The summed E-state index contributed by atoms with van der Waals surface area (Å²) in [6, 6.07) is 7.61. The zero-order valence-corrected chi connectivity index (χ0v) is 13.9. The SMILES string of the molecule is COc1ccc(F)c(NNC(=O)C(=O)NNc2cc(OC)ccc2F)c1. The number of anilines is 2. The van der Waals surface area contributed by atoms with Crippen molar-refractivity contribution in [1.29, 1.82) is 0 Å². The summed E-state index contributed by atoms with van der Waals surface area (Å²) in [5.41, 5.74) is 8.34. The van der Waals surface area contributed by atoms with E-state index in [1.807, 2.05) is 10.9 Å². The minimum Gasteiger partial charge on any atom is -0.497 e. The summed E-state index contributed by atoms with van der Waals surface area (Å²) in [5, 5.41) is 0. The first-order valence-electron chi connectivity index (χ1n) is 7.24. The maximum atomic E-state index is 13.6. The lowest BCUT2D eigenvalue weighted by atomic mass is 10.3. The monoisotopic (exact) mass is 366 g/mol. The number of rotatable bonds is 6. The zero-order chi connectivity index (χ0) is 19.1. The molecule has 0 radical (unpaired) electrons. The molecule has 0 atom stereocenters. The number of amides is 2. The Balaban J connectivity index is 1.91. The molecule has 138 valence electrons. The van der Waals surface area contributed by atoms with Crippen LogP contribution in [0.25, 0.3) is 0 Å². The van der Waals surface area contributed by atoms with Gasteiger partial charge in [0.2, 0.25) is 0 Å². The number of methoxy groups -OCH3 is 2. The molecule has 2 amide bonds. The third kappa shape index (κ3) is 4.72. The smallest absolute Gasteiger partial charge is 0.329 e. The van der Waals surface area contributed by atoms with Crippen LogP contribution >= 0.6 is 0 Å². The Labute approximate surface area is 147 Å². The normalized spacial score (nSPS) is 9.85. The molecular formula is C16H16F2N4O4. The Hall–Kier alpha value is -3.56. The molecule has 0 aliphatic rings. The molecule has 0 saturated heterocycles. The molecule has 10 heteroatoms. The summed E-state index contributed by atoms with van der Waals surface area (Å²) in [6.45, 7) is 0. The van der Waals surface area contributed by atoms with Crippen LogP contribution in [0, 0.1) is 11.6 Å². The molecule has 0 unspecified atom stereocenters. The van der Waals surface area contributed by atoms with E-state index in [2.05, 4.69) is 10.9 Å². The highest BCUT2D eigenvalue weighted by molar-refractivity contribution is 6.35. The van der Waals surface area contributed by atoms with Gasteiger partial charge < -0.3 is 9.47 Å². The lowest BCUT2D eigenvalue weighted by Gasteiger charge is -2.12. The van der Waals surface area contributed by atoms with Crippen molar-refractivity contribution in [2.45, 2.75) is 0 Å². The first-order valence-corrected chi connectivity index (χ1v) is 7.24. The number of hydrogen-bond donors (Lipinski definition) is 4. The van der Waals surface area contributed by atoms with Crippen molar-refractivity contribution in [1.82, 2.24) is 10.9 Å². The van der Waals surface area contributed by atoms with Crippen LogP contribution in [0.1, 0.15) is 0 Å². The molecule has 0 aliphatic heterocycles. The van der Waals surface area contributed by atoms with E-state index >= 15 is 0 Å². The van der Waals surface area contributed by atoms with E-state index in [1.54, 1.807) is 0 Å². The van der Waals surface area contributed by atoms with Gasteiger partial charge in [0.15, 0.2) is 0 Å². The maximum Gasteiger partial charge on any atom is 0.329 e. The Morgan fingerprint density at radius 3 is 1.50 bits per heavy atom. The Bertz CT molecular complexity index is 749. The third-order valence-electron chi connectivity index (χ3n) is 3.17. The van der Waals surface area contributed by atoms with Gasteiger partial charge in [0.1, 0.15) is 23.1 Å². The van der Waals surface area contributed by atoms with Crippen LogP contribution in [0.2, 0.25) is 0 Å². The molecule has 0 heterocycles. The van der Waals surface area contributed by atoms with Crippen molar-refractivity contribution < 1.29 is 27.8 Å². The average molecular weight is 366 g/mol. The molecule has 0 saturated carbocycles. The molecule has 2 aromatic carbocycles. The van der Waals surface area contributed by atoms with Crippen LogP contribution in [-0.4, -0.2) is 26.0 Å². The third-order valence-corrected chi connectivity index (χ3v) is 3.17. The number of hydrogen-bond acceptors (Lipinski definition) is 6. The summed E-state index contributed by atoms with van der Waals surface area (Å²) in [5.74, 6) is -2.90. The van der Waals surface area contributed by atoms with Crippen LogP contribution in [0.4, 0.5) is 20.2 Å². The minimum absolute atomic E-state index is 0.0997. The highest BCUT2D eigenvalue weighted by atomic mass is 19.1. The van der Waals surface area contributed by atoms with E-state index in [-0.39, 0.29) is 11.4 Å². The van der Waals surface area contributed by atoms with Crippen LogP contribution in [-0.2, 0) is 9.59 Å². The molecule has 4 N–H and O–H groups in total. The van der Waals surface area contributed by atoms with E-state index in [1.165, 1.54) is 38.5 Å². The van der Waals surface area contributed by atoms with Crippen LogP contribution in [0.5, 0.6) is 11.5 Å². The maximum absolute atomic E-state index is 13.6. The Morgan fingerprint density at radius 2 is 1.15 bits per heavy atom. The first kappa shape index (κ1) is 18.8. The van der Waals surface area contributed by atoms with Gasteiger partial charge in [0.25, 0.3) is 0 Å². The highest BCUT2D eigenvalue weighted by Crippen LogP contribution is 2.21. The molecule has 0 aromatic heterocycles. The van der Waals surface area contributed by atoms with Gasteiger partial charge in [-0.3, -0.25) is 31.3 Å². The molecule has 8 nitrogen and oxygen atoms in total. The van der Waals surface area contributed by atoms with E-state index in [4.69, 9.17) is 9.47 Å². The first-order chi connectivity index (χ1) is 12.4. The largest absolute Gasteiger partial charge is 0.497 e. The molecule has 0 aliphatic carbocycles. The summed E-state index contributed by atoms with van der Waals surface area (Å²) in [6.07, 6.45) is 0. The van der Waals surface area contributed by atoms with E-state index in [9.17, 15) is 18.4 Å². The fraction of sp³-hybridized carbons (Fsp3) is 0.125.